The highest BCUT2D eigenvalue weighted by Gasteiger charge is 2.46. The number of anilines is 1. The maximum atomic E-state index is 13.7. The first kappa shape index (κ1) is 37.2. The molecular weight excluding hydrogens is 642 g/mol. The number of ether oxygens (including phenoxy) is 4. The smallest absolute Gasteiger partial charge is 0.409 e. The minimum Gasteiger partial charge on any atom is -0.495 e. The summed E-state index contributed by atoms with van der Waals surface area (Å²) in [6.45, 7) is 4.70. The number of nitrogens with one attached hydrogen (secondary N) is 1. The largest absolute Gasteiger partial charge is 0.495 e. The summed E-state index contributed by atoms with van der Waals surface area (Å²) in [5.41, 5.74) is 0.166. The number of carbonyl (C=O) groups excluding carboxylic acids is 4. The number of hydrogen-bond donors (Lipinski definition) is 3. The van der Waals surface area contributed by atoms with Gasteiger partial charge in [0.15, 0.2) is 5.72 Å². The van der Waals surface area contributed by atoms with Gasteiger partial charge in [-0.25, -0.2) is 9.59 Å². The van der Waals surface area contributed by atoms with Crippen molar-refractivity contribution in [1.82, 2.24) is 10.2 Å². The molecule has 15 heteroatoms. The standard InChI is InChI=1S/C31H42ClN3O10S/c1-18-9-8-10-24(43-7)31(41)15-21(44-29(39)33-31)16-46-30(3,40)25(45-28(38)19(2)34(4)17-36)14-26(37)35(5)22-12-20(11-18)13-23(42-6)27(22)32/h8-10,12-13,17,19,21,24-25,40-41H,11,14-16H2,1-7H3,(H,33,39)/b10-8+,18-9+/t19-,21?,24+,25-,30+,31-/m0/s1. The minimum absolute atomic E-state index is 0.0468. The van der Waals surface area contributed by atoms with Gasteiger partial charge in [-0.15, -0.1) is 11.8 Å². The van der Waals surface area contributed by atoms with E-state index in [4.69, 9.17) is 30.5 Å². The molecule has 0 radical (unpaired) electrons. The van der Waals surface area contributed by atoms with Gasteiger partial charge in [0.25, 0.3) is 0 Å². The summed E-state index contributed by atoms with van der Waals surface area (Å²) in [6.07, 6.45) is 1.28. The van der Waals surface area contributed by atoms with Crippen LogP contribution in [0.3, 0.4) is 0 Å². The van der Waals surface area contributed by atoms with Gasteiger partial charge < -0.3 is 39.0 Å². The van der Waals surface area contributed by atoms with E-state index in [-0.39, 0.29) is 17.2 Å². The second kappa shape index (κ2) is 15.5. The third-order valence-electron chi connectivity index (χ3n) is 7.94. The highest BCUT2D eigenvalue weighted by molar-refractivity contribution is 8.00. The Kier molecular flexibility index (Phi) is 12.5. The van der Waals surface area contributed by atoms with Crippen LogP contribution in [0.15, 0.2) is 35.9 Å². The number of nitrogens with zero attached hydrogens (tertiary/aromatic N) is 2. The molecule has 2 aliphatic rings. The molecule has 46 heavy (non-hydrogen) atoms. The molecule has 1 aromatic rings. The Morgan fingerprint density at radius 1 is 1.30 bits per heavy atom. The van der Waals surface area contributed by atoms with Crippen molar-refractivity contribution >= 4 is 53.4 Å². The van der Waals surface area contributed by atoms with E-state index in [2.05, 4.69) is 5.32 Å². The molecule has 3 N–H and O–H groups in total. The SMILES string of the molecule is COc1cc2cc(c1Cl)N(C)C(=O)C[C@H](OC(=O)[C@H](C)N(C)C=O)[C@](C)(O)SCC1C[C@@](O)(NC(=O)O1)[C@H](OC)/C=C/C=C(\C)C2. The van der Waals surface area contributed by atoms with Gasteiger partial charge in [0.05, 0.1) is 19.2 Å². The van der Waals surface area contributed by atoms with Crippen LogP contribution in [-0.2, 0) is 35.0 Å². The normalized spacial score (nSPS) is 30.2. The molecule has 13 nitrogen and oxygen atoms in total. The fraction of sp³-hybridized carbons (Fsp3) is 0.548. The lowest BCUT2D eigenvalue weighted by molar-refractivity contribution is -0.164. The van der Waals surface area contributed by atoms with Gasteiger partial charge in [-0.3, -0.25) is 14.9 Å². The minimum atomic E-state index is -1.91. The Morgan fingerprint density at radius 2 is 2.00 bits per heavy atom. The molecule has 3 rings (SSSR count). The fourth-order valence-electron chi connectivity index (χ4n) is 4.97. The summed E-state index contributed by atoms with van der Waals surface area (Å²) in [7, 11) is 5.75. The van der Waals surface area contributed by atoms with Crippen molar-refractivity contribution in [3.05, 3.63) is 46.5 Å². The molecule has 2 heterocycles. The highest BCUT2D eigenvalue weighted by atomic mass is 35.5. The van der Waals surface area contributed by atoms with E-state index in [0.717, 1.165) is 27.8 Å². The Morgan fingerprint density at radius 3 is 2.63 bits per heavy atom. The Balaban J connectivity index is 2.11. The Hall–Kier alpha value is -3.30. The van der Waals surface area contributed by atoms with Crippen LogP contribution in [0.25, 0.3) is 0 Å². The van der Waals surface area contributed by atoms with Crippen molar-refractivity contribution < 1.29 is 48.3 Å². The molecule has 254 valence electrons. The number of fused-ring (bicyclic) bond motifs is 4. The molecule has 1 aromatic carbocycles. The molecule has 0 saturated carbocycles. The van der Waals surface area contributed by atoms with Gasteiger partial charge in [0.2, 0.25) is 12.3 Å². The molecular formula is C31H42ClN3O10S. The van der Waals surface area contributed by atoms with Gasteiger partial charge >= 0.3 is 12.1 Å². The van der Waals surface area contributed by atoms with Crippen LogP contribution in [0.2, 0.25) is 5.02 Å². The average Bonchev–Trinajstić information content (AvgIpc) is 3.00. The predicted octanol–water partition coefficient (Wildman–Crippen LogP) is 2.79. The molecule has 0 spiro atoms. The Bertz CT molecular complexity index is 1370. The molecule has 6 atom stereocenters. The van der Waals surface area contributed by atoms with Crippen molar-refractivity contribution in [2.75, 3.05) is 39.0 Å². The lowest BCUT2D eigenvalue weighted by Crippen LogP contribution is -2.63. The zero-order valence-electron chi connectivity index (χ0n) is 26.9. The fourth-order valence-corrected chi connectivity index (χ4v) is 6.31. The number of rotatable bonds is 6. The van der Waals surface area contributed by atoms with Crippen LogP contribution in [-0.4, -0.2) is 109 Å². The second-order valence-corrected chi connectivity index (χ2v) is 13.4. The molecule has 0 aliphatic carbocycles. The first-order valence-electron chi connectivity index (χ1n) is 14.5. The third-order valence-corrected chi connectivity index (χ3v) is 9.70. The lowest BCUT2D eigenvalue weighted by atomic mass is 9.97. The van der Waals surface area contributed by atoms with Crippen molar-refractivity contribution in [3.8, 4) is 5.75 Å². The van der Waals surface area contributed by atoms with E-state index in [9.17, 15) is 29.4 Å². The number of allylic oxidation sites excluding steroid dienone is 3. The van der Waals surface area contributed by atoms with E-state index in [0.29, 0.717) is 24.3 Å². The van der Waals surface area contributed by atoms with Crippen molar-refractivity contribution in [1.29, 1.82) is 0 Å². The summed E-state index contributed by atoms with van der Waals surface area (Å²) in [5.74, 6) is -1.11. The van der Waals surface area contributed by atoms with Gasteiger partial charge in [-0.2, -0.15) is 0 Å². The Labute approximate surface area is 277 Å². The van der Waals surface area contributed by atoms with Crippen LogP contribution in [0.1, 0.15) is 39.2 Å². The van der Waals surface area contributed by atoms with Gasteiger partial charge in [0.1, 0.15) is 40.1 Å². The monoisotopic (exact) mass is 683 g/mol. The second-order valence-electron chi connectivity index (χ2n) is 11.5. The zero-order chi connectivity index (χ0) is 34.4. The van der Waals surface area contributed by atoms with E-state index in [1.165, 1.54) is 47.1 Å². The molecule has 3 amide bonds. The van der Waals surface area contributed by atoms with Crippen LogP contribution in [0, 0.1) is 0 Å². The molecule has 1 unspecified atom stereocenters. The van der Waals surface area contributed by atoms with Crippen LogP contribution in [0.4, 0.5) is 10.5 Å². The molecule has 1 fully saturated rings. The number of thioether (sulfide) groups is 1. The zero-order valence-corrected chi connectivity index (χ0v) is 28.5. The van der Waals surface area contributed by atoms with Gasteiger partial charge in [-0.1, -0.05) is 35.4 Å². The number of amides is 3. The number of carbonyl (C=O) groups is 4. The number of methoxy groups -OCH3 is 2. The molecule has 4 bridgehead atoms. The third kappa shape index (κ3) is 8.94. The summed E-state index contributed by atoms with van der Waals surface area (Å²) >= 11 is 7.51. The number of esters is 1. The number of likely N-dealkylation sites (N-methyl/N-ethyl adjacent to an activating group) is 1. The number of benzene rings is 1. The quantitative estimate of drug-likeness (QED) is 0.298. The number of hydrogen-bond acceptors (Lipinski definition) is 11. The first-order valence-corrected chi connectivity index (χ1v) is 15.9. The highest BCUT2D eigenvalue weighted by Crippen LogP contribution is 2.38. The average molecular weight is 684 g/mol. The van der Waals surface area contributed by atoms with E-state index in [1.54, 1.807) is 24.3 Å². The molecule has 0 aromatic heterocycles. The van der Waals surface area contributed by atoms with E-state index >= 15 is 0 Å². The molecule has 2 aliphatic heterocycles. The summed E-state index contributed by atoms with van der Waals surface area (Å²) < 4.78 is 22.1. The summed E-state index contributed by atoms with van der Waals surface area (Å²) in [4.78, 5) is 51.1. The number of alkyl carbamates (subject to hydrolysis) is 1. The van der Waals surface area contributed by atoms with E-state index < -0.39 is 59.4 Å². The van der Waals surface area contributed by atoms with Crippen molar-refractivity contribution in [3.63, 3.8) is 0 Å². The lowest BCUT2D eigenvalue weighted by Gasteiger charge is -2.41. The summed E-state index contributed by atoms with van der Waals surface area (Å²) in [5, 5.41) is 25.7. The maximum Gasteiger partial charge on any atom is 0.409 e. The van der Waals surface area contributed by atoms with E-state index in [1.807, 2.05) is 13.0 Å². The molecule has 1 saturated heterocycles. The number of halogens is 1. The topological polar surface area (TPSA) is 164 Å². The van der Waals surface area contributed by atoms with Crippen molar-refractivity contribution in [2.24, 2.45) is 0 Å². The van der Waals surface area contributed by atoms with Gasteiger partial charge in [-0.05, 0) is 44.9 Å². The van der Waals surface area contributed by atoms with Crippen LogP contribution in [0.5, 0.6) is 5.75 Å². The summed E-state index contributed by atoms with van der Waals surface area (Å²) in [6, 6.07) is 2.47. The first-order chi connectivity index (χ1) is 21.5. The van der Waals surface area contributed by atoms with Crippen LogP contribution < -0.4 is 15.0 Å². The number of aliphatic hydroxyl groups is 2. The predicted molar refractivity (Wildman–Crippen MR) is 173 cm³/mol. The van der Waals surface area contributed by atoms with Crippen LogP contribution >= 0.6 is 23.4 Å². The van der Waals surface area contributed by atoms with Crippen molar-refractivity contribution in [2.45, 2.75) is 75.0 Å². The maximum absolute atomic E-state index is 13.7. The van der Waals surface area contributed by atoms with Gasteiger partial charge in [0, 0.05) is 33.4 Å².